The Balaban J connectivity index is 2.28. The molecule has 0 saturated heterocycles. The molecule has 0 aliphatic heterocycles. The average Bonchev–Trinajstić information content (AvgIpc) is 2.35. The van der Waals surface area contributed by atoms with Gasteiger partial charge in [0.25, 0.3) is 0 Å². The zero-order chi connectivity index (χ0) is 13.1. The molecule has 1 aromatic carbocycles. The highest BCUT2D eigenvalue weighted by molar-refractivity contribution is 5.93. The first-order chi connectivity index (χ1) is 8.58. The van der Waals surface area contributed by atoms with E-state index in [1.807, 2.05) is 25.1 Å². The minimum atomic E-state index is 0.0487. The molecule has 0 spiro atoms. The Morgan fingerprint density at radius 2 is 2.11 bits per heavy atom. The quantitative estimate of drug-likeness (QED) is 0.897. The van der Waals surface area contributed by atoms with Crippen LogP contribution in [0.25, 0.3) is 10.9 Å². The number of hydrogen-bond acceptors (Lipinski definition) is 3. The normalized spacial score (nSPS) is 10.4. The number of pyridine rings is 1. The molecule has 4 heteroatoms. The number of fused-ring (bicyclic) bond motifs is 1. The monoisotopic (exact) mass is 243 g/mol. The molecule has 0 saturated carbocycles. The van der Waals surface area contributed by atoms with E-state index in [1.165, 1.54) is 5.56 Å². The van der Waals surface area contributed by atoms with E-state index in [-0.39, 0.29) is 5.91 Å². The highest BCUT2D eigenvalue weighted by Gasteiger charge is 2.06. The lowest BCUT2D eigenvalue weighted by atomic mass is 10.1. The van der Waals surface area contributed by atoms with Gasteiger partial charge in [0.05, 0.1) is 12.1 Å². The number of aromatic nitrogens is 1. The van der Waals surface area contributed by atoms with Crippen molar-refractivity contribution >= 4 is 22.5 Å². The second-order valence-electron chi connectivity index (χ2n) is 4.52. The van der Waals surface area contributed by atoms with Crippen LogP contribution in [0.5, 0.6) is 0 Å². The molecular formula is C14H17N3O. The van der Waals surface area contributed by atoms with Gasteiger partial charge in [0, 0.05) is 31.4 Å². The van der Waals surface area contributed by atoms with Gasteiger partial charge in [-0.1, -0.05) is 11.6 Å². The van der Waals surface area contributed by atoms with Crippen molar-refractivity contribution in [2.75, 3.05) is 26.0 Å². The van der Waals surface area contributed by atoms with Gasteiger partial charge < -0.3 is 10.2 Å². The third kappa shape index (κ3) is 2.59. The Labute approximate surface area is 107 Å². The first kappa shape index (κ1) is 12.4. The molecule has 0 atom stereocenters. The maximum atomic E-state index is 11.6. The number of anilines is 1. The molecule has 1 amide bonds. The van der Waals surface area contributed by atoms with E-state index in [4.69, 9.17) is 0 Å². The third-order valence-electron chi connectivity index (χ3n) is 2.83. The third-order valence-corrected chi connectivity index (χ3v) is 2.83. The van der Waals surface area contributed by atoms with Crippen LogP contribution in [-0.2, 0) is 4.79 Å². The van der Waals surface area contributed by atoms with E-state index in [1.54, 1.807) is 25.2 Å². The fourth-order valence-corrected chi connectivity index (χ4v) is 1.74. The predicted molar refractivity (Wildman–Crippen MR) is 73.7 cm³/mol. The number of carbonyl (C=O) groups excluding carboxylic acids is 1. The van der Waals surface area contributed by atoms with Crippen LogP contribution < -0.4 is 5.32 Å². The number of hydrogen-bond donors (Lipinski definition) is 1. The molecule has 1 N–H and O–H groups in total. The van der Waals surface area contributed by atoms with Crippen molar-refractivity contribution in [3.63, 3.8) is 0 Å². The Bertz CT molecular complexity index is 578. The van der Waals surface area contributed by atoms with Gasteiger partial charge in [0.1, 0.15) is 0 Å². The van der Waals surface area contributed by atoms with E-state index >= 15 is 0 Å². The summed E-state index contributed by atoms with van der Waals surface area (Å²) in [5, 5.41) is 4.21. The van der Waals surface area contributed by atoms with E-state index in [2.05, 4.69) is 16.4 Å². The van der Waals surface area contributed by atoms with Crippen LogP contribution >= 0.6 is 0 Å². The molecule has 18 heavy (non-hydrogen) atoms. The summed E-state index contributed by atoms with van der Waals surface area (Å²) in [4.78, 5) is 17.4. The van der Waals surface area contributed by atoms with Crippen LogP contribution in [0.4, 0.5) is 5.69 Å². The van der Waals surface area contributed by atoms with Gasteiger partial charge in [-0.05, 0) is 25.1 Å². The van der Waals surface area contributed by atoms with Crippen molar-refractivity contribution in [3.05, 3.63) is 36.0 Å². The molecule has 0 radical (unpaired) electrons. The summed E-state index contributed by atoms with van der Waals surface area (Å²) in [5.74, 6) is 0.0487. The van der Waals surface area contributed by atoms with Crippen molar-refractivity contribution in [1.29, 1.82) is 0 Å². The second kappa shape index (κ2) is 5.04. The molecule has 0 aliphatic carbocycles. The highest BCUT2D eigenvalue weighted by Crippen LogP contribution is 2.22. The average molecular weight is 243 g/mol. The van der Waals surface area contributed by atoms with Gasteiger partial charge in [0.15, 0.2) is 0 Å². The Morgan fingerprint density at radius 1 is 1.33 bits per heavy atom. The molecule has 4 nitrogen and oxygen atoms in total. The van der Waals surface area contributed by atoms with Gasteiger partial charge >= 0.3 is 0 Å². The Morgan fingerprint density at radius 3 is 2.83 bits per heavy atom. The van der Waals surface area contributed by atoms with Crippen LogP contribution in [0.15, 0.2) is 30.5 Å². The lowest BCUT2D eigenvalue weighted by molar-refractivity contribution is -0.126. The number of likely N-dealkylation sites (N-methyl/N-ethyl adjacent to an activating group) is 1. The van der Waals surface area contributed by atoms with Gasteiger partial charge in [-0.2, -0.15) is 0 Å². The first-order valence-electron chi connectivity index (χ1n) is 5.87. The van der Waals surface area contributed by atoms with Crippen molar-refractivity contribution in [3.8, 4) is 0 Å². The topological polar surface area (TPSA) is 45.2 Å². The highest BCUT2D eigenvalue weighted by atomic mass is 16.2. The summed E-state index contributed by atoms with van der Waals surface area (Å²) in [7, 11) is 3.50. The SMILES string of the molecule is Cc1ccc2nccc(NCC(=O)N(C)C)c2c1. The van der Waals surface area contributed by atoms with Crippen molar-refractivity contribution in [2.45, 2.75) is 6.92 Å². The van der Waals surface area contributed by atoms with Crippen LogP contribution in [-0.4, -0.2) is 36.4 Å². The van der Waals surface area contributed by atoms with E-state index in [0.29, 0.717) is 6.54 Å². The summed E-state index contributed by atoms with van der Waals surface area (Å²) in [6.07, 6.45) is 1.75. The van der Waals surface area contributed by atoms with Crippen molar-refractivity contribution in [1.82, 2.24) is 9.88 Å². The Kier molecular flexibility index (Phi) is 3.46. The standard InChI is InChI=1S/C14H17N3O/c1-10-4-5-12-11(8-10)13(6-7-15-12)16-9-14(18)17(2)3/h4-8H,9H2,1-3H3,(H,15,16). The van der Waals surface area contributed by atoms with Crippen molar-refractivity contribution in [2.24, 2.45) is 0 Å². The van der Waals surface area contributed by atoms with Gasteiger partial charge in [-0.25, -0.2) is 0 Å². The van der Waals surface area contributed by atoms with E-state index < -0.39 is 0 Å². The minimum absolute atomic E-state index is 0.0487. The molecule has 0 fully saturated rings. The molecule has 0 unspecified atom stereocenters. The summed E-state index contributed by atoms with van der Waals surface area (Å²) < 4.78 is 0. The first-order valence-corrected chi connectivity index (χ1v) is 5.87. The van der Waals surface area contributed by atoms with Crippen LogP contribution in [0, 0.1) is 6.92 Å². The van der Waals surface area contributed by atoms with E-state index in [9.17, 15) is 4.79 Å². The number of rotatable bonds is 3. The summed E-state index contributed by atoms with van der Waals surface area (Å²) >= 11 is 0. The molecule has 2 rings (SSSR count). The number of aryl methyl sites for hydroxylation is 1. The smallest absolute Gasteiger partial charge is 0.241 e. The lowest BCUT2D eigenvalue weighted by Gasteiger charge is -2.13. The number of amides is 1. The fraction of sp³-hybridized carbons (Fsp3) is 0.286. The molecule has 0 bridgehead atoms. The van der Waals surface area contributed by atoms with Crippen LogP contribution in [0.3, 0.4) is 0 Å². The van der Waals surface area contributed by atoms with Gasteiger partial charge in [0.2, 0.25) is 5.91 Å². The number of benzene rings is 1. The molecule has 0 aliphatic rings. The predicted octanol–water partition coefficient (Wildman–Crippen LogP) is 2.04. The number of nitrogens with zero attached hydrogens (tertiary/aromatic N) is 2. The fourth-order valence-electron chi connectivity index (χ4n) is 1.74. The van der Waals surface area contributed by atoms with Crippen LogP contribution in [0.1, 0.15) is 5.56 Å². The summed E-state index contributed by atoms with van der Waals surface area (Å²) in [6, 6.07) is 7.99. The van der Waals surface area contributed by atoms with Gasteiger partial charge in [-0.15, -0.1) is 0 Å². The zero-order valence-corrected chi connectivity index (χ0v) is 10.9. The van der Waals surface area contributed by atoms with E-state index in [0.717, 1.165) is 16.6 Å². The maximum absolute atomic E-state index is 11.6. The lowest BCUT2D eigenvalue weighted by Crippen LogP contribution is -2.28. The molecule has 1 heterocycles. The van der Waals surface area contributed by atoms with Gasteiger partial charge in [-0.3, -0.25) is 9.78 Å². The zero-order valence-electron chi connectivity index (χ0n) is 10.9. The molecule has 94 valence electrons. The Hall–Kier alpha value is -2.10. The summed E-state index contributed by atoms with van der Waals surface area (Å²) in [6.45, 7) is 2.33. The van der Waals surface area contributed by atoms with Crippen LogP contribution in [0.2, 0.25) is 0 Å². The minimum Gasteiger partial charge on any atom is -0.376 e. The van der Waals surface area contributed by atoms with Crippen molar-refractivity contribution < 1.29 is 4.79 Å². The largest absolute Gasteiger partial charge is 0.376 e. The summed E-state index contributed by atoms with van der Waals surface area (Å²) in [5.41, 5.74) is 3.05. The second-order valence-corrected chi connectivity index (χ2v) is 4.52. The number of carbonyl (C=O) groups is 1. The molecule has 1 aromatic heterocycles. The molecular weight excluding hydrogens is 226 g/mol. The number of nitrogens with one attached hydrogen (secondary N) is 1. The molecule has 2 aromatic rings. The maximum Gasteiger partial charge on any atom is 0.241 e.